The second-order valence-corrected chi connectivity index (χ2v) is 8.98. The maximum absolute atomic E-state index is 14.0. The highest BCUT2D eigenvalue weighted by molar-refractivity contribution is 7.89. The van der Waals surface area contributed by atoms with Crippen molar-refractivity contribution in [2.75, 3.05) is 26.2 Å². The lowest BCUT2D eigenvalue weighted by atomic mass is 10.0. The number of carbonyl (C=O) groups is 1. The largest absolute Gasteiger partial charge is 0.336 e. The third-order valence-electron chi connectivity index (χ3n) is 5.22. The lowest BCUT2D eigenvalue weighted by Crippen LogP contribution is -2.50. The molecule has 3 aromatic rings. The van der Waals surface area contributed by atoms with Crippen LogP contribution in [0.2, 0.25) is 0 Å². The van der Waals surface area contributed by atoms with Crippen LogP contribution in [-0.2, 0) is 10.0 Å². The molecule has 0 spiro atoms. The third-order valence-corrected chi connectivity index (χ3v) is 7.15. The number of piperazine rings is 1. The van der Waals surface area contributed by atoms with Gasteiger partial charge in [0.25, 0.3) is 5.91 Å². The number of carbonyl (C=O) groups excluding carboxylic acids is 1. The van der Waals surface area contributed by atoms with E-state index in [0.717, 1.165) is 17.2 Å². The Morgan fingerprint density at radius 3 is 1.93 bits per heavy atom. The molecule has 0 saturated carbocycles. The lowest BCUT2D eigenvalue weighted by Gasteiger charge is -2.34. The van der Waals surface area contributed by atoms with Gasteiger partial charge in [-0.05, 0) is 35.4 Å². The van der Waals surface area contributed by atoms with Gasteiger partial charge in [0.05, 0.1) is 0 Å². The van der Waals surface area contributed by atoms with E-state index in [2.05, 4.69) is 0 Å². The SMILES string of the molecule is O=C(c1ccc(-c2ccccc2)cc1)N1CCN(S(=O)(=O)c2ccccc2F)CC1. The average Bonchev–Trinajstić information content (AvgIpc) is 2.79. The van der Waals surface area contributed by atoms with Gasteiger partial charge in [0.2, 0.25) is 10.0 Å². The Morgan fingerprint density at radius 1 is 0.733 bits per heavy atom. The fraction of sp³-hybridized carbons (Fsp3) is 0.174. The summed E-state index contributed by atoms with van der Waals surface area (Å²) in [7, 11) is -3.92. The molecule has 1 heterocycles. The quantitative estimate of drug-likeness (QED) is 0.643. The van der Waals surface area contributed by atoms with Crippen LogP contribution in [0.5, 0.6) is 0 Å². The van der Waals surface area contributed by atoms with Gasteiger partial charge in [-0.3, -0.25) is 4.79 Å². The molecule has 0 atom stereocenters. The molecule has 0 aromatic heterocycles. The Hall–Kier alpha value is -3.03. The molecular weight excluding hydrogens is 403 g/mol. The summed E-state index contributed by atoms with van der Waals surface area (Å²) in [5, 5.41) is 0. The molecule has 0 unspecified atom stereocenters. The van der Waals surface area contributed by atoms with Crippen LogP contribution in [-0.4, -0.2) is 49.7 Å². The first-order valence-electron chi connectivity index (χ1n) is 9.66. The van der Waals surface area contributed by atoms with Crippen molar-refractivity contribution in [3.05, 3.63) is 90.2 Å². The zero-order valence-corrected chi connectivity index (χ0v) is 17.1. The van der Waals surface area contributed by atoms with Crippen LogP contribution in [0.1, 0.15) is 10.4 Å². The first kappa shape index (κ1) is 20.3. The zero-order chi connectivity index (χ0) is 21.1. The number of halogens is 1. The first-order chi connectivity index (χ1) is 14.5. The van der Waals surface area contributed by atoms with Gasteiger partial charge in [0, 0.05) is 31.7 Å². The Labute approximate surface area is 175 Å². The summed E-state index contributed by atoms with van der Waals surface area (Å²) in [5.41, 5.74) is 2.65. The van der Waals surface area contributed by atoms with E-state index in [0.29, 0.717) is 5.56 Å². The number of hydrogen-bond donors (Lipinski definition) is 0. The van der Waals surface area contributed by atoms with Crippen LogP contribution in [0.3, 0.4) is 0 Å². The summed E-state index contributed by atoms with van der Waals surface area (Å²) < 4.78 is 40.6. The Bertz CT molecular complexity index is 1140. The summed E-state index contributed by atoms with van der Waals surface area (Å²) >= 11 is 0. The molecule has 0 radical (unpaired) electrons. The predicted octanol–water partition coefficient (Wildman–Crippen LogP) is 3.64. The van der Waals surface area contributed by atoms with Crippen LogP contribution in [0, 0.1) is 5.82 Å². The molecule has 1 saturated heterocycles. The van der Waals surface area contributed by atoms with Crippen LogP contribution in [0.15, 0.2) is 83.8 Å². The molecule has 1 fully saturated rings. The molecule has 0 aliphatic carbocycles. The van der Waals surface area contributed by atoms with E-state index in [9.17, 15) is 17.6 Å². The minimum absolute atomic E-state index is 0.129. The summed E-state index contributed by atoms with van der Waals surface area (Å²) in [5.74, 6) is -0.910. The molecule has 4 rings (SSSR count). The average molecular weight is 424 g/mol. The minimum atomic E-state index is -3.92. The number of rotatable bonds is 4. The van der Waals surface area contributed by atoms with E-state index >= 15 is 0 Å². The van der Waals surface area contributed by atoms with Crippen molar-refractivity contribution in [2.24, 2.45) is 0 Å². The van der Waals surface area contributed by atoms with Crippen molar-refractivity contribution in [1.82, 2.24) is 9.21 Å². The maximum atomic E-state index is 14.0. The van der Waals surface area contributed by atoms with E-state index in [1.54, 1.807) is 17.0 Å². The van der Waals surface area contributed by atoms with E-state index in [1.807, 2.05) is 42.5 Å². The first-order valence-corrected chi connectivity index (χ1v) is 11.1. The number of nitrogens with zero attached hydrogens (tertiary/aromatic N) is 2. The normalized spacial score (nSPS) is 15.2. The second-order valence-electron chi connectivity index (χ2n) is 7.07. The smallest absolute Gasteiger partial charge is 0.253 e. The van der Waals surface area contributed by atoms with Gasteiger partial charge in [0.15, 0.2) is 0 Å². The van der Waals surface area contributed by atoms with E-state index in [4.69, 9.17) is 0 Å². The van der Waals surface area contributed by atoms with Crippen LogP contribution >= 0.6 is 0 Å². The highest BCUT2D eigenvalue weighted by atomic mass is 32.2. The summed E-state index contributed by atoms with van der Waals surface area (Å²) in [4.78, 5) is 14.1. The number of benzene rings is 3. The van der Waals surface area contributed by atoms with Gasteiger partial charge in [-0.2, -0.15) is 4.31 Å². The topological polar surface area (TPSA) is 57.7 Å². The molecule has 0 N–H and O–H groups in total. The second kappa shape index (κ2) is 8.38. The Morgan fingerprint density at radius 2 is 1.30 bits per heavy atom. The number of hydrogen-bond acceptors (Lipinski definition) is 3. The molecular formula is C23H21FN2O3S. The minimum Gasteiger partial charge on any atom is -0.336 e. The van der Waals surface area contributed by atoms with Crippen LogP contribution in [0.4, 0.5) is 4.39 Å². The lowest BCUT2D eigenvalue weighted by molar-refractivity contribution is 0.0697. The number of amides is 1. The van der Waals surface area contributed by atoms with Gasteiger partial charge in [0.1, 0.15) is 10.7 Å². The molecule has 154 valence electrons. The van der Waals surface area contributed by atoms with Crippen molar-refractivity contribution in [3.8, 4) is 11.1 Å². The standard InChI is InChI=1S/C23H21FN2O3S/c24-21-8-4-5-9-22(21)30(28,29)26-16-14-25(15-17-26)23(27)20-12-10-19(11-13-20)18-6-2-1-3-7-18/h1-13H,14-17H2. The van der Waals surface area contributed by atoms with Gasteiger partial charge in [-0.25, -0.2) is 12.8 Å². The fourth-order valence-corrected chi connectivity index (χ4v) is 5.03. The summed E-state index contributed by atoms with van der Waals surface area (Å²) in [6.07, 6.45) is 0. The summed E-state index contributed by atoms with van der Waals surface area (Å²) in [6, 6.07) is 22.6. The van der Waals surface area contributed by atoms with Crippen molar-refractivity contribution in [1.29, 1.82) is 0 Å². The van der Waals surface area contributed by atoms with Crippen LogP contribution in [0.25, 0.3) is 11.1 Å². The van der Waals surface area contributed by atoms with Crippen LogP contribution < -0.4 is 0 Å². The summed E-state index contributed by atoms with van der Waals surface area (Å²) in [6.45, 7) is 0.773. The van der Waals surface area contributed by atoms with Gasteiger partial charge in [-0.15, -0.1) is 0 Å². The molecule has 5 nitrogen and oxygen atoms in total. The van der Waals surface area contributed by atoms with Crippen molar-refractivity contribution in [2.45, 2.75) is 4.90 Å². The molecule has 0 bridgehead atoms. The van der Waals surface area contributed by atoms with E-state index in [-0.39, 0.29) is 37.0 Å². The monoisotopic (exact) mass is 424 g/mol. The zero-order valence-electron chi connectivity index (χ0n) is 16.2. The highest BCUT2D eigenvalue weighted by Gasteiger charge is 2.32. The highest BCUT2D eigenvalue weighted by Crippen LogP contribution is 2.22. The molecule has 7 heteroatoms. The predicted molar refractivity (Wildman–Crippen MR) is 113 cm³/mol. The van der Waals surface area contributed by atoms with Gasteiger partial charge in [-0.1, -0.05) is 54.6 Å². The van der Waals surface area contributed by atoms with Gasteiger partial charge < -0.3 is 4.90 Å². The Balaban J connectivity index is 1.43. The van der Waals surface area contributed by atoms with Crippen molar-refractivity contribution >= 4 is 15.9 Å². The van der Waals surface area contributed by atoms with E-state index < -0.39 is 15.8 Å². The molecule has 3 aromatic carbocycles. The molecule has 1 aliphatic heterocycles. The van der Waals surface area contributed by atoms with Gasteiger partial charge >= 0.3 is 0 Å². The number of sulfonamides is 1. The fourth-order valence-electron chi connectivity index (χ4n) is 3.54. The Kier molecular flexibility index (Phi) is 5.65. The molecule has 1 amide bonds. The molecule has 30 heavy (non-hydrogen) atoms. The maximum Gasteiger partial charge on any atom is 0.253 e. The van der Waals surface area contributed by atoms with Crippen molar-refractivity contribution < 1.29 is 17.6 Å². The molecule has 1 aliphatic rings. The van der Waals surface area contributed by atoms with Crippen molar-refractivity contribution in [3.63, 3.8) is 0 Å². The third kappa shape index (κ3) is 3.99. The van der Waals surface area contributed by atoms with E-state index in [1.165, 1.54) is 22.5 Å².